The number of hydrogen-bond donors (Lipinski definition) is 1. The number of carboxylic acid groups (broad SMARTS) is 1. The highest BCUT2D eigenvalue weighted by Crippen LogP contribution is 2.21. The summed E-state index contributed by atoms with van der Waals surface area (Å²) in [5, 5.41) is 8.89. The van der Waals surface area contributed by atoms with E-state index in [1.54, 1.807) is 0 Å². The van der Waals surface area contributed by atoms with Crippen LogP contribution >= 0.6 is 0 Å². The zero-order valence-electron chi connectivity index (χ0n) is 10.2. The summed E-state index contributed by atoms with van der Waals surface area (Å²) < 4.78 is 0. The molecule has 3 heteroatoms. The second-order valence-corrected chi connectivity index (χ2v) is 4.11. The van der Waals surface area contributed by atoms with Crippen LogP contribution in [0.4, 0.5) is 5.69 Å². The molecule has 0 saturated carbocycles. The second kappa shape index (κ2) is 5.54. The van der Waals surface area contributed by atoms with E-state index in [1.807, 2.05) is 36.9 Å². The van der Waals surface area contributed by atoms with Gasteiger partial charge in [0.2, 0.25) is 0 Å². The summed E-state index contributed by atoms with van der Waals surface area (Å²) in [6.07, 6.45) is 0.945. The number of aliphatic carboxylic acids is 1. The van der Waals surface area contributed by atoms with Gasteiger partial charge in [0, 0.05) is 12.2 Å². The van der Waals surface area contributed by atoms with E-state index in [2.05, 4.69) is 6.92 Å². The molecule has 0 spiro atoms. The van der Waals surface area contributed by atoms with Gasteiger partial charge in [-0.15, -0.1) is 0 Å². The Morgan fingerprint density at radius 3 is 2.62 bits per heavy atom. The summed E-state index contributed by atoms with van der Waals surface area (Å²) in [5.41, 5.74) is 3.32. The molecule has 1 N–H and O–H groups in total. The van der Waals surface area contributed by atoms with Gasteiger partial charge in [0.15, 0.2) is 0 Å². The van der Waals surface area contributed by atoms with Crippen LogP contribution in [0.1, 0.15) is 24.5 Å². The molecule has 1 aromatic carbocycles. The minimum atomic E-state index is -0.783. The summed E-state index contributed by atoms with van der Waals surface area (Å²) >= 11 is 0. The van der Waals surface area contributed by atoms with Crippen LogP contribution in [0.3, 0.4) is 0 Å². The number of aryl methyl sites for hydroxylation is 2. The lowest BCUT2D eigenvalue weighted by Gasteiger charge is -2.24. The first-order chi connectivity index (χ1) is 7.54. The van der Waals surface area contributed by atoms with Gasteiger partial charge >= 0.3 is 5.97 Å². The van der Waals surface area contributed by atoms with E-state index < -0.39 is 5.97 Å². The third kappa shape index (κ3) is 3.26. The third-order valence-electron chi connectivity index (χ3n) is 2.52. The minimum absolute atomic E-state index is 0.0676. The molecule has 0 aliphatic carbocycles. The normalized spacial score (nSPS) is 10.2. The Bertz CT molecular complexity index is 374. The van der Waals surface area contributed by atoms with Crippen LogP contribution in [0, 0.1) is 13.8 Å². The van der Waals surface area contributed by atoms with Crippen molar-refractivity contribution in [2.45, 2.75) is 27.2 Å². The molecule has 0 bridgehead atoms. The van der Waals surface area contributed by atoms with E-state index in [-0.39, 0.29) is 6.54 Å². The topological polar surface area (TPSA) is 40.5 Å². The molecule has 88 valence electrons. The Hall–Kier alpha value is -1.51. The molecule has 0 aliphatic rings. The lowest BCUT2D eigenvalue weighted by Crippen LogP contribution is -2.30. The quantitative estimate of drug-likeness (QED) is 0.830. The van der Waals surface area contributed by atoms with Gasteiger partial charge in [-0.25, -0.2) is 0 Å². The van der Waals surface area contributed by atoms with E-state index in [0.717, 1.165) is 29.8 Å². The Balaban J connectivity index is 2.99. The van der Waals surface area contributed by atoms with Crippen molar-refractivity contribution in [1.82, 2.24) is 0 Å². The smallest absolute Gasteiger partial charge is 0.323 e. The predicted octanol–water partition coefficient (Wildman–Crippen LogP) is 2.60. The molecule has 16 heavy (non-hydrogen) atoms. The van der Waals surface area contributed by atoms with E-state index in [4.69, 9.17) is 5.11 Å². The molecule has 0 amide bonds. The average Bonchev–Trinajstić information content (AvgIpc) is 2.20. The van der Waals surface area contributed by atoms with Crippen LogP contribution in [-0.2, 0) is 4.79 Å². The van der Waals surface area contributed by atoms with Gasteiger partial charge in [-0.2, -0.15) is 0 Å². The fourth-order valence-electron chi connectivity index (χ4n) is 1.78. The highest BCUT2D eigenvalue weighted by molar-refractivity contribution is 5.74. The van der Waals surface area contributed by atoms with Crippen LogP contribution in [0.25, 0.3) is 0 Å². The first kappa shape index (κ1) is 12.6. The molecule has 0 aromatic heterocycles. The van der Waals surface area contributed by atoms with Crippen LogP contribution in [0.15, 0.2) is 18.2 Å². The third-order valence-corrected chi connectivity index (χ3v) is 2.52. The van der Waals surface area contributed by atoms with Crippen molar-refractivity contribution in [3.05, 3.63) is 29.3 Å². The van der Waals surface area contributed by atoms with Crippen LogP contribution in [-0.4, -0.2) is 24.2 Å². The van der Waals surface area contributed by atoms with Gasteiger partial charge in [-0.05, 0) is 37.5 Å². The minimum Gasteiger partial charge on any atom is -0.480 e. The zero-order valence-corrected chi connectivity index (χ0v) is 10.2. The molecule has 0 heterocycles. The van der Waals surface area contributed by atoms with Gasteiger partial charge in [0.25, 0.3) is 0 Å². The molecule has 0 unspecified atom stereocenters. The fourth-order valence-corrected chi connectivity index (χ4v) is 1.78. The standard InChI is InChI=1S/C13H19NO2/c1-4-7-14(9-13(15)16)12-8-10(2)5-6-11(12)3/h5-6,8H,4,7,9H2,1-3H3,(H,15,16). The number of benzene rings is 1. The maximum atomic E-state index is 10.8. The van der Waals surface area contributed by atoms with E-state index >= 15 is 0 Å². The molecule has 0 atom stereocenters. The molecule has 1 rings (SSSR count). The molecule has 0 aliphatic heterocycles. The maximum Gasteiger partial charge on any atom is 0.323 e. The lowest BCUT2D eigenvalue weighted by molar-refractivity contribution is -0.135. The Kier molecular flexibility index (Phi) is 4.35. The van der Waals surface area contributed by atoms with Crippen LogP contribution in [0.2, 0.25) is 0 Å². The number of hydrogen-bond acceptors (Lipinski definition) is 2. The lowest BCUT2D eigenvalue weighted by atomic mass is 10.1. The first-order valence-corrected chi connectivity index (χ1v) is 5.58. The van der Waals surface area contributed by atoms with Crippen molar-refractivity contribution in [2.75, 3.05) is 18.0 Å². The summed E-state index contributed by atoms with van der Waals surface area (Å²) in [7, 11) is 0. The number of carboxylic acids is 1. The largest absolute Gasteiger partial charge is 0.480 e. The Morgan fingerprint density at radius 1 is 1.38 bits per heavy atom. The van der Waals surface area contributed by atoms with Crippen LogP contribution in [0.5, 0.6) is 0 Å². The molecule has 0 saturated heterocycles. The maximum absolute atomic E-state index is 10.8. The zero-order chi connectivity index (χ0) is 12.1. The summed E-state index contributed by atoms with van der Waals surface area (Å²) in [4.78, 5) is 12.7. The van der Waals surface area contributed by atoms with Gasteiger partial charge in [-0.1, -0.05) is 19.1 Å². The fraction of sp³-hybridized carbons (Fsp3) is 0.462. The van der Waals surface area contributed by atoms with E-state index in [1.165, 1.54) is 0 Å². The van der Waals surface area contributed by atoms with Gasteiger partial charge in [0.1, 0.15) is 6.54 Å². The molecule has 1 aromatic rings. The van der Waals surface area contributed by atoms with Gasteiger partial charge in [-0.3, -0.25) is 4.79 Å². The summed E-state index contributed by atoms with van der Waals surface area (Å²) in [6.45, 7) is 6.93. The molecular weight excluding hydrogens is 202 g/mol. The predicted molar refractivity (Wildman–Crippen MR) is 66.1 cm³/mol. The SMILES string of the molecule is CCCN(CC(=O)O)c1cc(C)ccc1C. The number of anilines is 1. The van der Waals surface area contributed by atoms with E-state index in [0.29, 0.717) is 0 Å². The van der Waals surface area contributed by atoms with Crippen molar-refractivity contribution < 1.29 is 9.90 Å². The second-order valence-electron chi connectivity index (χ2n) is 4.11. The molecule has 3 nitrogen and oxygen atoms in total. The number of nitrogens with zero attached hydrogens (tertiary/aromatic N) is 1. The average molecular weight is 221 g/mol. The van der Waals surface area contributed by atoms with Gasteiger partial charge < -0.3 is 10.0 Å². The molecule has 0 fully saturated rings. The highest BCUT2D eigenvalue weighted by Gasteiger charge is 2.11. The number of rotatable bonds is 5. The monoisotopic (exact) mass is 221 g/mol. The van der Waals surface area contributed by atoms with Crippen molar-refractivity contribution >= 4 is 11.7 Å². The Morgan fingerprint density at radius 2 is 2.06 bits per heavy atom. The van der Waals surface area contributed by atoms with Crippen molar-refractivity contribution in [3.8, 4) is 0 Å². The highest BCUT2D eigenvalue weighted by atomic mass is 16.4. The van der Waals surface area contributed by atoms with Crippen LogP contribution < -0.4 is 4.90 Å². The number of carbonyl (C=O) groups is 1. The van der Waals surface area contributed by atoms with Gasteiger partial charge in [0.05, 0.1) is 0 Å². The first-order valence-electron chi connectivity index (χ1n) is 5.58. The van der Waals surface area contributed by atoms with Crippen molar-refractivity contribution in [3.63, 3.8) is 0 Å². The molecule has 0 radical (unpaired) electrons. The van der Waals surface area contributed by atoms with Crippen molar-refractivity contribution in [1.29, 1.82) is 0 Å². The molecular formula is C13H19NO2. The van der Waals surface area contributed by atoms with E-state index in [9.17, 15) is 4.79 Å². The van der Waals surface area contributed by atoms with Crippen molar-refractivity contribution in [2.24, 2.45) is 0 Å². The summed E-state index contributed by atoms with van der Waals surface area (Å²) in [5.74, 6) is -0.783. The Labute approximate surface area is 96.7 Å². The summed E-state index contributed by atoms with van der Waals surface area (Å²) in [6, 6.07) is 6.13.